The molecule has 2 aliphatic rings. The van der Waals surface area contributed by atoms with Crippen LogP contribution in [0.4, 0.5) is 5.69 Å². The average Bonchev–Trinajstić information content (AvgIpc) is 3.35. The maximum Gasteiger partial charge on any atom is 0.276 e. The lowest BCUT2D eigenvalue weighted by atomic mass is 9.90. The number of pyridine rings is 1. The smallest absolute Gasteiger partial charge is 0.276 e. The molecule has 1 atom stereocenters. The van der Waals surface area contributed by atoms with Gasteiger partial charge in [-0.1, -0.05) is 23.4 Å². The Balaban J connectivity index is 1.41. The van der Waals surface area contributed by atoms with Crippen LogP contribution in [0.2, 0.25) is 0 Å². The van der Waals surface area contributed by atoms with Gasteiger partial charge in [-0.15, -0.1) is 0 Å². The van der Waals surface area contributed by atoms with Crippen molar-refractivity contribution in [3.05, 3.63) is 59.5 Å². The molecule has 1 aliphatic carbocycles. The summed E-state index contributed by atoms with van der Waals surface area (Å²) in [6, 6.07) is 11.9. The van der Waals surface area contributed by atoms with Gasteiger partial charge in [0.1, 0.15) is 5.69 Å². The minimum absolute atomic E-state index is 0.0573. The third-order valence-electron chi connectivity index (χ3n) is 5.48. The molecule has 6 nitrogen and oxygen atoms in total. The van der Waals surface area contributed by atoms with Gasteiger partial charge in [0.05, 0.1) is 0 Å². The number of hydrogen-bond acceptors (Lipinski definition) is 5. The summed E-state index contributed by atoms with van der Waals surface area (Å²) in [4.78, 5) is 23.4. The minimum atomic E-state index is -0.0573. The fraction of sp³-hybridized carbons (Fsp3) is 0.333. The second-order valence-corrected chi connectivity index (χ2v) is 7.20. The molecule has 2 aromatic heterocycles. The summed E-state index contributed by atoms with van der Waals surface area (Å²) in [5.41, 5.74) is 4.43. The number of aromatic nitrogens is 3. The van der Waals surface area contributed by atoms with Gasteiger partial charge in [-0.05, 0) is 55.0 Å². The molecule has 6 heteroatoms. The van der Waals surface area contributed by atoms with E-state index in [0.717, 1.165) is 18.5 Å². The second-order valence-electron chi connectivity index (χ2n) is 7.20. The van der Waals surface area contributed by atoms with Crippen LogP contribution in [0, 0.1) is 0 Å². The van der Waals surface area contributed by atoms with E-state index in [9.17, 15) is 4.79 Å². The Labute approximate surface area is 157 Å². The molecule has 5 rings (SSSR count). The highest BCUT2D eigenvalue weighted by molar-refractivity contribution is 5.97. The molecule has 27 heavy (non-hydrogen) atoms. The molecule has 1 saturated heterocycles. The number of amides is 1. The zero-order valence-electron chi connectivity index (χ0n) is 15.0. The summed E-state index contributed by atoms with van der Waals surface area (Å²) >= 11 is 0. The first-order valence-electron chi connectivity index (χ1n) is 9.46. The molecule has 0 radical (unpaired) electrons. The highest BCUT2D eigenvalue weighted by atomic mass is 16.5. The van der Waals surface area contributed by atoms with Crippen LogP contribution in [0.5, 0.6) is 0 Å². The predicted octanol–water partition coefficient (Wildman–Crippen LogP) is 3.53. The number of anilines is 1. The quantitative estimate of drug-likeness (QED) is 0.714. The van der Waals surface area contributed by atoms with E-state index >= 15 is 0 Å². The monoisotopic (exact) mass is 360 g/mol. The first-order chi connectivity index (χ1) is 13.3. The van der Waals surface area contributed by atoms with Crippen LogP contribution in [-0.4, -0.2) is 27.6 Å². The Bertz CT molecular complexity index is 983. The number of fused-ring (bicyclic) bond motifs is 1. The lowest BCUT2D eigenvalue weighted by molar-refractivity contribution is -0.117. The van der Waals surface area contributed by atoms with E-state index in [1.165, 1.54) is 24.0 Å². The standard InChI is InChI=1S/C21H20N4O2/c26-19-12-15(20-23-21(27-24-20)17-9-3-4-11-22-17)13-25(19)18-10-5-7-14-6-1-2-8-16(14)18/h3-5,7,9-11,15H,1-2,6,8,12-13H2. The number of aryl methyl sites for hydroxylation is 1. The van der Waals surface area contributed by atoms with Crippen molar-refractivity contribution in [2.24, 2.45) is 0 Å². The highest BCUT2D eigenvalue weighted by Gasteiger charge is 2.36. The zero-order valence-corrected chi connectivity index (χ0v) is 15.0. The lowest BCUT2D eigenvalue weighted by Crippen LogP contribution is -2.26. The molecule has 1 aliphatic heterocycles. The van der Waals surface area contributed by atoms with E-state index in [1.54, 1.807) is 6.20 Å². The maximum absolute atomic E-state index is 12.7. The van der Waals surface area contributed by atoms with E-state index in [4.69, 9.17) is 4.52 Å². The van der Waals surface area contributed by atoms with E-state index in [1.807, 2.05) is 23.1 Å². The van der Waals surface area contributed by atoms with Gasteiger partial charge in [-0.3, -0.25) is 9.78 Å². The summed E-state index contributed by atoms with van der Waals surface area (Å²) < 4.78 is 5.38. The van der Waals surface area contributed by atoms with Gasteiger partial charge in [0.15, 0.2) is 5.82 Å². The molecule has 136 valence electrons. The molecule has 1 aromatic carbocycles. The number of rotatable bonds is 3. The molecule has 3 heterocycles. The van der Waals surface area contributed by atoms with Gasteiger partial charge >= 0.3 is 0 Å². The van der Waals surface area contributed by atoms with Crippen molar-refractivity contribution >= 4 is 11.6 Å². The van der Waals surface area contributed by atoms with Gasteiger partial charge in [0.25, 0.3) is 5.89 Å². The van der Waals surface area contributed by atoms with Crippen molar-refractivity contribution in [3.63, 3.8) is 0 Å². The predicted molar refractivity (Wildman–Crippen MR) is 100 cm³/mol. The molecule has 1 amide bonds. The fourth-order valence-corrected chi connectivity index (χ4v) is 4.12. The van der Waals surface area contributed by atoms with Crippen LogP contribution in [-0.2, 0) is 17.6 Å². The number of carbonyl (C=O) groups is 1. The second kappa shape index (κ2) is 6.61. The van der Waals surface area contributed by atoms with Crippen molar-refractivity contribution in [3.8, 4) is 11.6 Å². The molecule has 1 unspecified atom stereocenters. The van der Waals surface area contributed by atoms with Crippen LogP contribution < -0.4 is 4.90 Å². The molecule has 1 fully saturated rings. The molecule has 0 spiro atoms. The Hall–Kier alpha value is -3.02. The number of hydrogen-bond donors (Lipinski definition) is 0. The first-order valence-corrected chi connectivity index (χ1v) is 9.46. The Kier molecular flexibility index (Phi) is 3.96. The normalized spacial score (nSPS) is 19.3. The van der Waals surface area contributed by atoms with Crippen molar-refractivity contribution in [2.75, 3.05) is 11.4 Å². The van der Waals surface area contributed by atoms with Crippen molar-refractivity contribution < 1.29 is 9.32 Å². The van der Waals surface area contributed by atoms with Gasteiger partial charge in [0, 0.05) is 30.8 Å². The van der Waals surface area contributed by atoms with E-state index < -0.39 is 0 Å². The third kappa shape index (κ3) is 2.91. The van der Waals surface area contributed by atoms with Crippen molar-refractivity contribution in [1.29, 1.82) is 0 Å². The number of carbonyl (C=O) groups excluding carboxylic acids is 1. The van der Waals surface area contributed by atoms with Crippen LogP contribution >= 0.6 is 0 Å². The van der Waals surface area contributed by atoms with Crippen molar-refractivity contribution in [1.82, 2.24) is 15.1 Å². The average molecular weight is 360 g/mol. The van der Waals surface area contributed by atoms with Gasteiger partial charge in [-0.2, -0.15) is 4.98 Å². The Morgan fingerprint density at radius 2 is 2.00 bits per heavy atom. The third-order valence-corrected chi connectivity index (χ3v) is 5.48. The van der Waals surface area contributed by atoms with E-state index in [-0.39, 0.29) is 11.8 Å². The molecule has 0 saturated carbocycles. The Morgan fingerprint density at radius 3 is 2.89 bits per heavy atom. The van der Waals surface area contributed by atoms with Gasteiger partial charge < -0.3 is 9.42 Å². The summed E-state index contributed by atoms with van der Waals surface area (Å²) in [6.45, 7) is 0.594. The lowest BCUT2D eigenvalue weighted by Gasteiger charge is -2.25. The number of nitrogens with zero attached hydrogens (tertiary/aromatic N) is 4. The molecule has 0 N–H and O–H groups in total. The fourth-order valence-electron chi connectivity index (χ4n) is 4.12. The molecular formula is C21H20N4O2. The first kappa shape index (κ1) is 16.2. The summed E-state index contributed by atoms with van der Waals surface area (Å²) in [7, 11) is 0. The summed E-state index contributed by atoms with van der Waals surface area (Å²) in [5.74, 6) is 1.05. The van der Waals surface area contributed by atoms with Gasteiger partial charge in [0.2, 0.25) is 5.91 Å². The van der Waals surface area contributed by atoms with Crippen LogP contribution in [0.3, 0.4) is 0 Å². The molecule has 0 bridgehead atoms. The molecule has 3 aromatic rings. The largest absolute Gasteiger partial charge is 0.332 e. The van der Waals surface area contributed by atoms with E-state index in [2.05, 4.69) is 33.3 Å². The van der Waals surface area contributed by atoms with E-state index in [0.29, 0.717) is 30.4 Å². The highest BCUT2D eigenvalue weighted by Crippen LogP contribution is 2.36. The summed E-state index contributed by atoms with van der Waals surface area (Å²) in [5, 5.41) is 4.12. The maximum atomic E-state index is 12.7. The number of benzene rings is 1. The molecular weight excluding hydrogens is 340 g/mol. The van der Waals surface area contributed by atoms with Gasteiger partial charge in [-0.25, -0.2) is 0 Å². The Morgan fingerprint density at radius 1 is 1.07 bits per heavy atom. The zero-order chi connectivity index (χ0) is 18.2. The minimum Gasteiger partial charge on any atom is -0.332 e. The SMILES string of the molecule is O=C1CC(c2noc(-c3ccccn3)n2)CN1c1cccc2c1CCCC2. The van der Waals surface area contributed by atoms with Crippen LogP contribution in [0.15, 0.2) is 47.1 Å². The topological polar surface area (TPSA) is 72.1 Å². The summed E-state index contributed by atoms with van der Waals surface area (Å²) in [6.07, 6.45) is 6.67. The van der Waals surface area contributed by atoms with Crippen molar-refractivity contribution in [2.45, 2.75) is 38.0 Å². The van der Waals surface area contributed by atoms with Crippen LogP contribution in [0.1, 0.15) is 42.1 Å². The van der Waals surface area contributed by atoms with Crippen LogP contribution in [0.25, 0.3) is 11.6 Å².